The van der Waals surface area contributed by atoms with Gasteiger partial charge in [0.2, 0.25) is 5.76 Å². The number of hydrogen-bond donors (Lipinski definition) is 1. The van der Waals surface area contributed by atoms with Crippen LogP contribution in [0.1, 0.15) is 54.0 Å². The SMILES string of the molecule is CC(C)c1cc(C(=O)N2CC[C@@H](c3cc4ncccc4c(=O)[nH]3)C2)on1. The van der Waals surface area contributed by atoms with Gasteiger partial charge in [0.15, 0.2) is 0 Å². The lowest BCUT2D eigenvalue weighted by molar-refractivity contribution is 0.0749. The number of fused-ring (bicyclic) bond motifs is 1. The van der Waals surface area contributed by atoms with Gasteiger partial charge in [-0.3, -0.25) is 14.6 Å². The van der Waals surface area contributed by atoms with Crippen molar-refractivity contribution in [2.45, 2.75) is 32.1 Å². The van der Waals surface area contributed by atoms with Gasteiger partial charge in [0.05, 0.1) is 16.6 Å². The summed E-state index contributed by atoms with van der Waals surface area (Å²) < 4.78 is 5.21. The van der Waals surface area contributed by atoms with E-state index in [9.17, 15) is 9.59 Å². The lowest BCUT2D eigenvalue weighted by atomic mass is 10.0. The summed E-state index contributed by atoms with van der Waals surface area (Å²) in [6, 6.07) is 7.12. The Balaban J connectivity index is 1.55. The van der Waals surface area contributed by atoms with Gasteiger partial charge in [-0.15, -0.1) is 0 Å². The van der Waals surface area contributed by atoms with Crippen LogP contribution < -0.4 is 5.56 Å². The number of rotatable bonds is 3. The van der Waals surface area contributed by atoms with Gasteiger partial charge in [0.25, 0.3) is 11.5 Å². The molecular weight excluding hydrogens is 332 g/mol. The van der Waals surface area contributed by atoms with Crippen LogP contribution in [0, 0.1) is 0 Å². The number of carbonyl (C=O) groups is 1. The Morgan fingerprint density at radius 3 is 3.00 bits per heavy atom. The molecule has 0 spiro atoms. The van der Waals surface area contributed by atoms with Crippen molar-refractivity contribution in [1.82, 2.24) is 20.0 Å². The summed E-state index contributed by atoms with van der Waals surface area (Å²) in [7, 11) is 0. The summed E-state index contributed by atoms with van der Waals surface area (Å²) in [5, 5.41) is 4.53. The molecule has 1 amide bonds. The molecule has 134 valence electrons. The fourth-order valence-corrected chi connectivity index (χ4v) is 3.34. The molecule has 1 aliphatic heterocycles. The molecule has 7 heteroatoms. The predicted molar refractivity (Wildman–Crippen MR) is 96.2 cm³/mol. The standard InChI is InChI=1S/C19H20N4O3/c1-11(2)14-9-17(26-22-14)19(25)23-7-5-12(10-23)15-8-16-13(18(24)21-15)4-3-6-20-16/h3-4,6,8-9,11-12H,5,7,10H2,1-2H3,(H,21,24)/t12-/m1/s1. The highest BCUT2D eigenvalue weighted by atomic mass is 16.5. The van der Waals surface area contributed by atoms with Crippen LogP contribution in [0.5, 0.6) is 0 Å². The summed E-state index contributed by atoms with van der Waals surface area (Å²) in [6.45, 7) is 5.15. The molecule has 26 heavy (non-hydrogen) atoms. The van der Waals surface area contributed by atoms with Gasteiger partial charge < -0.3 is 14.4 Å². The largest absolute Gasteiger partial charge is 0.351 e. The summed E-state index contributed by atoms with van der Waals surface area (Å²) in [4.78, 5) is 33.9. The quantitative estimate of drug-likeness (QED) is 0.782. The van der Waals surface area contributed by atoms with E-state index in [-0.39, 0.29) is 29.1 Å². The topological polar surface area (TPSA) is 92.1 Å². The number of carbonyl (C=O) groups excluding carboxylic acids is 1. The zero-order chi connectivity index (χ0) is 18.3. The summed E-state index contributed by atoms with van der Waals surface area (Å²) >= 11 is 0. The maximum absolute atomic E-state index is 12.6. The van der Waals surface area contributed by atoms with Crippen LogP contribution >= 0.6 is 0 Å². The third-order valence-electron chi connectivity index (χ3n) is 4.88. The number of nitrogens with zero attached hydrogens (tertiary/aromatic N) is 3. The summed E-state index contributed by atoms with van der Waals surface area (Å²) in [5.74, 6) is 0.392. The average Bonchev–Trinajstić information content (AvgIpc) is 3.31. The van der Waals surface area contributed by atoms with E-state index >= 15 is 0 Å². The van der Waals surface area contributed by atoms with Crippen molar-refractivity contribution in [2.24, 2.45) is 0 Å². The molecule has 0 saturated carbocycles. The molecule has 0 aliphatic carbocycles. The fraction of sp³-hybridized carbons (Fsp3) is 0.368. The molecule has 7 nitrogen and oxygen atoms in total. The molecule has 1 saturated heterocycles. The molecule has 1 fully saturated rings. The predicted octanol–water partition coefficient (Wildman–Crippen LogP) is 2.66. The molecule has 0 aromatic carbocycles. The highest BCUT2D eigenvalue weighted by Crippen LogP contribution is 2.28. The van der Waals surface area contributed by atoms with Crippen molar-refractivity contribution in [2.75, 3.05) is 13.1 Å². The zero-order valence-corrected chi connectivity index (χ0v) is 14.7. The van der Waals surface area contributed by atoms with E-state index in [1.54, 1.807) is 29.3 Å². The number of nitrogens with one attached hydrogen (secondary N) is 1. The van der Waals surface area contributed by atoms with Gasteiger partial charge in [-0.25, -0.2) is 0 Å². The first kappa shape index (κ1) is 16.5. The minimum atomic E-state index is -0.159. The van der Waals surface area contributed by atoms with E-state index in [2.05, 4.69) is 15.1 Å². The van der Waals surface area contributed by atoms with Crippen LogP contribution in [-0.2, 0) is 0 Å². The molecule has 3 aromatic heterocycles. The molecular formula is C19H20N4O3. The van der Waals surface area contributed by atoms with Gasteiger partial charge in [-0.1, -0.05) is 19.0 Å². The first-order valence-electron chi connectivity index (χ1n) is 8.77. The van der Waals surface area contributed by atoms with Gasteiger partial charge in [-0.2, -0.15) is 0 Å². The lowest BCUT2D eigenvalue weighted by Crippen LogP contribution is -2.28. The maximum atomic E-state index is 12.6. The van der Waals surface area contributed by atoms with Crippen LogP contribution in [-0.4, -0.2) is 39.0 Å². The van der Waals surface area contributed by atoms with Crippen molar-refractivity contribution in [3.8, 4) is 0 Å². The van der Waals surface area contributed by atoms with Gasteiger partial charge in [0.1, 0.15) is 0 Å². The van der Waals surface area contributed by atoms with E-state index in [1.807, 2.05) is 19.9 Å². The number of pyridine rings is 2. The van der Waals surface area contributed by atoms with Crippen molar-refractivity contribution >= 4 is 16.8 Å². The minimum Gasteiger partial charge on any atom is -0.351 e. The van der Waals surface area contributed by atoms with E-state index in [4.69, 9.17) is 4.52 Å². The van der Waals surface area contributed by atoms with E-state index < -0.39 is 0 Å². The molecule has 0 bridgehead atoms. The Hall–Kier alpha value is -2.96. The molecule has 3 aromatic rings. The van der Waals surface area contributed by atoms with Crippen molar-refractivity contribution in [3.05, 3.63) is 58.0 Å². The van der Waals surface area contributed by atoms with Crippen LogP contribution in [0.2, 0.25) is 0 Å². The maximum Gasteiger partial charge on any atom is 0.292 e. The Morgan fingerprint density at radius 1 is 1.38 bits per heavy atom. The fourth-order valence-electron chi connectivity index (χ4n) is 3.34. The number of amides is 1. The Labute approximate surface area is 150 Å². The Kier molecular flexibility index (Phi) is 4.06. The highest BCUT2D eigenvalue weighted by Gasteiger charge is 2.31. The number of aromatic nitrogens is 3. The second-order valence-electron chi connectivity index (χ2n) is 7.00. The number of hydrogen-bond acceptors (Lipinski definition) is 5. The average molecular weight is 352 g/mol. The summed E-state index contributed by atoms with van der Waals surface area (Å²) in [6.07, 6.45) is 2.46. The molecule has 1 N–H and O–H groups in total. The monoisotopic (exact) mass is 352 g/mol. The molecule has 4 rings (SSSR count). The first-order valence-corrected chi connectivity index (χ1v) is 8.77. The van der Waals surface area contributed by atoms with Crippen molar-refractivity contribution in [3.63, 3.8) is 0 Å². The van der Waals surface area contributed by atoms with Gasteiger partial charge in [0, 0.05) is 37.0 Å². The second-order valence-corrected chi connectivity index (χ2v) is 7.00. The molecule has 0 radical (unpaired) electrons. The number of likely N-dealkylation sites (tertiary alicyclic amines) is 1. The molecule has 0 unspecified atom stereocenters. The number of aromatic amines is 1. The number of H-pyrrole nitrogens is 1. The smallest absolute Gasteiger partial charge is 0.292 e. The van der Waals surface area contributed by atoms with E-state index in [0.717, 1.165) is 17.8 Å². The van der Waals surface area contributed by atoms with E-state index in [1.165, 1.54) is 0 Å². The molecule has 4 heterocycles. The lowest BCUT2D eigenvalue weighted by Gasteiger charge is -2.15. The first-order chi connectivity index (χ1) is 12.5. The minimum absolute atomic E-state index is 0.0746. The van der Waals surface area contributed by atoms with Crippen LogP contribution in [0.15, 0.2) is 39.8 Å². The normalized spacial score (nSPS) is 17.3. The van der Waals surface area contributed by atoms with Crippen molar-refractivity contribution < 1.29 is 9.32 Å². The van der Waals surface area contributed by atoms with Gasteiger partial charge >= 0.3 is 0 Å². The third-order valence-corrected chi connectivity index (χ3v) is 4.88. The van der Waals surface area contributed by atoms with Crippen LogP contribution in [0.3, 0.4) is 0 Å². The van der Waals surface area contributed by atoms with Gasteiger partial charge in [-0.05, 0) is 30.5 Å². The Morgan fingerprint density at radius 2 is 2.23 bits per heavy atom. The summed E-state index contributed by atoms with van der Waals surface area (Å²) in [5.41, 5.74) is 2.12. The Bertz CT molecular complexity index is 1020. The molecule has 1 aliphatic rings. The zero-order valence-electron chi connectivity index (χ0n) is 14.7. The van der Waals surface area contributed by atoms with Crippen molar-refractivity contribution in [1.29, 1.82) is 0 Å². The van der Waals surface area contributed by atoms with Crippen LogP contribution in [0.25, 0.3) is 10.9 Å². The highest BCUT2D eigenvalue weighted by molar-refractivity contribution is 5.91. The van der Waals surface area contributed by atoms with E-state index in [0.29, 0.717) is 24.0 Å². The third kappa shape index (κ3) is 2.89. The molecule has 1 atom stereocenters. The van der Waals surface area contributed by atoms with Crippen LogP contribution in [0.4, 0.5) is 0 Å². The second kappa shape index (κ2) is 6.40.